The van der Waals surface area contributed by atoms with Crippen LogP contribution in [0.4, 0.5) is 0 Å². The topological polar surface area (TPSA) is 72.8 Å². The third-order valence-corrected chi connectivity index (χ3v) is 6.62. The third kappa shape index (κ3) is 3.21. The van der Waals surface area contributed by atoms with Gasteiger partial charge in [0.1, 0.15) is 17.9 Å². The maximum absolute atomic E-state index is 13.8. The van der Waals surface area contributed by atoms with Gasteiger partial charge >= 0.3 is 5.97 Å². The molecule has 1 spiro atoms. The summed E-state index contributed by atoms with van der Waals surface area (Å²) in [6.45, 7) is 8.19. The van der Waals surface area contributed by atoms with Crippen LogP contribution in [0, 0.1) is 11.3 Å². The molecule has 30 heavy (non-hydrogen) atoms. The van der Waals surface area contributed by atoms with E-state index in [2.05, 4.69) is 13.0 Å². The highest BCUT2D eigenvalue weighted by Gasteiger charge is 2.64. The Balaban J connectivity index is 1.95. The first-order valence-corrected chi connectivity index (χ1v) is 10.4. The summed E-state index contributed by atoms with van der Waals surface area (Å²) in [6, 6.07) is 0. The molecule has 4 bridgehead atoms. The van der Waals surface area contributed by atoms with Crippen molar-refractivity contribution in [3.05, 3.63) is 70.6 Å². The second-order valence-electron chi connectivity index (χ2n) is 9.02. The van der Waals surface area contributed by atoms with E-state index in [0.29, 0.717) is 12.8 Å². The fraction of sp³-hybridized carbons (Fsp3) is 0.440. The van der Waals surface area contributed by atoms with Crippen molar-refractivity contribution < 1.29 is 24.2 Å². The van der Waals surface area contributed by atoms with Gasteiger partial charge in [0.25, 0.3) is 0 Å². The number of carbonyl (C=O) groups is 2. The first-order chi connectivity index (χ1) is 14.1. The number of aliphatic hydroxyl groups excluding tert-OH is 1. The zero-order valence-corrected chi connectivity index (χ0v) is 17.9. The van der Waals surface area contributed by atoms with E-state index in [9.17, 15) is 14.7 Å². The zero-order valence-electron chi connectivity index (χ0n) is 17.9. The molecule has 0 aromatic carbocycles. The molecule has 0 unspecified atom stereocenters. The van der Waals surface area contributed by atoms with Crippen molar-refractivity contribution in [1.82, 2.24) is 0 Å². The number of esters is 1. The number of allylic oxidation sites excluding steroid dienone is 4. The molecule has 1 fully saturated rings. The SMILES string of the molecule is CC1=C[C@@]2(C)/C=C(C)\C=C/C[C@@H](O)/C=C3C=C/C(=C4\C(=O)O[C@]2(C[C@@H]1C)C4=O)OC\3. The van der Waals surface area contributed by atoms with Gasteiger partial charge in [-0.15, -0.1) is 0 Å². The van der Waals surface area contributed by atoms with E-state index in [-0.39, 0.29) is 29.6 Å². The highest BCUT2D eigenvalue weighted by molar-refractivity contribution is 6.26. The van der Waals surface area contributed by atoms with E-state index >= 15 is 0 Å². The predicted octanol–water partition coefficient (Wildman–Crippen LogP) is 3.88. The van der Waals surface area contributed by atoms with Crippen LogP contribution in [0.15, 0.2) is 70.6 Å². The van der Waals surface area contributed by atoms with Gasteiger partial charge in [-0.05, 0) is 50.8 Å². The molecule has 2 aliphatic carbocycles. The average molecular weight is 408 g/mol. The number of fused-ring (bicyclic) bond motifs is 5. The summed E-state index contributed by atoms with van der Waals surface area (Å²) in [5.41, 5.74) is 0.782. The van der Waals surface area contributed by atoms with Crippen molar-refractivity contribution in [3.63, 3.8) is 0 Å². The largest absolute Gasteiger partial charge is 0.488 e. The van der Waals surface area contributed by atoms with Gasteiger partial charge in [-0.1, -0.05) is 48.5 Å². The summed E-state index contributed by atoms with van der Waals surface area (Å²) >= 11 is 0. The molecule has 5 heteroatoms. The molecule has 5 rings (SSSR count). The first-order valence-electron chi connectivity index (χ1n) is 10.4. The number of rotatable bonds is 0. The number of hydrogen-bond acceptors (Lipinski definition) is 5. The van der Waals surface area contributed by atoms with Crippen LogP contribution >= 0.6 is 0 Å². The van der Waals surface area contributed by atoms with Crippen LogP contribution in [0.3, 0.4) is 0 Å². The van der Waals surface area contributed by atoms with E-state index in [1.165, 1.54) is 0 Å². The van der Waals surface area contributed by atoms with E-state index in [1.54, 1.807) is 18.2 Å². The minimum absolute atomic E-state index is 0.0197. The Morgan fingerprint density at radius 2 is 1.90 bits per heavy atom. The van der Waals surface area contributed by atoms with Gasteiger partial charge < -0.3 is 14.6 Å². The second kappa shape index (κ2) is 7.24. The predicted molar refractivity (Wildman–Crippen MR) is 113 cm³/mol. The molecule has 158 valence electrons. The van der Waals surface area contributed by atoms with Crippen LogP contribution < -0.4 is 0 Å². The van der Waals surface area contributed by atoms with E-state index < -0.39 is 23.1 Å². The van der Waals surface area contributed by atoms with Crippen LogP contribution in [-0.2, 0) is 19.1 Å². The van der Waals surface area contributed by atoms with Gasteiger partial charge in [-0.3, -0.25) is 4.79 Å². The number of Topliss-reactive ketones (excluding diaryl/α,β-unsaturated/α-hetero) is 1. The Labute approximate surface area is 177 Å². The molecule has 5 aliphatic rings. The van der Waals surface area contributed by atoms with Crippen LogP contribution in [0.2, 0.25) is 0 Å². The molecule has 0 aromatic heterocycles. The number of hydrogen-bond donors (Lipinski definition) is 1. The molecule has 1 N–H and O–H groups in total. The Kier molecular flexibility index (Phi) is 4.97. The molecule has 0 aromatic rings. The van der Waals surface area contributed by atoms with Gasteiger partial charge in [0.05, 0.1) is 11.5 Å². The van der Waals surface area contributed by atoms with Gasteiger partial charge in [0, 0.05) is 6.42 Å². The number of ketones is 1. The quantitative estimate of drug-likeness (QED) is 0.374. The minimum atomic E-state index is -1.30. The summed E-state index contributed by atoms with van der Waals surface area (Å²) < 4.78 is 11.7. The first kappa shape index (κ1) is 20.6. The fourth-order valence-corrected chi connectivity index (χ4v) is 4.88. The monoisotopic (exact) mass is 408 g/mol. The number of aliphatic hydroxyl groups is 1. The molecular weight excluding hydrogens is 380 g/mol. The van der Waals surface area contributed by atoms with Crippen molar-refractivity contribution in [2.45, 2.75) is 52.2 Å². The van der Waals surface area contributed by atoms with E-state index in [1.807, 2.05) is 39.0 Å². The molecule has 5 nitrogen and oxygen atoms in total. The van der Waals surface area contributed by atoms with Crippen molar-refractivity contribution in [3.8, 4) is 0 Å². The molecule has 1 saturated heterocycles. The van der Waals surface area contributed by atoms with Crippen LogP contribution in [0.1, 0.15) is 40.5 Å². The molecular formula is C25H28O5. The Hall–Kier alpha value is -2.66. The fourth-order valence-electron chi connectivity index (χ4n) is 4.88. The normalized spacial score (nSPS) is 43.2. The number of carbonyl (C=O) groups excluding carboxylic acids is 2. The average Bonchev–Trinajstić information content (AvgIpc) is 2.91. The lowest BCUT2D eigenvalue weighted by atomic mass is 9.61. The highest BCUT2D eigenvalue weighted by atomic mass is 16.6. The van der Waals surface area contributed by atoms with Crippen molar-refractivity contribution >= 4 is 11.8 Å². The third-order valence-electron chi connectivity index (χ3n) is 6.62. The number of ether oxygens (including phenoxy) is 2. The Morgan fingerprint density at radius 1 is 1.13 bits per heavy atom. The van der Waals surface area contributed by atoms with E-state index in [0.717, 1.165) is 16.7 Å². The second-order valence-corrected chi connectivity index (χ2v) is 9.02. The summed E-state index contributed by atoms with van der Waals surface area (Å²) in [7, 11) is 0. The molecule has 0 saturated carbocycles. The summed E-state index contributed by atoms with van der Waals surface area (Å²) in [5, 5.41) is 10.3. The van der Waals surface area contributed by atoms with Gasteiger partial charge in [0.2, 0.25) is 5.78 Å². The molecule has 0 radical (unpaired) electrons. The standard InChI is InChI=1S/C25H28O5/c1-15-6-5-7-19(26)10-18-8-9-20(29-14-18)21-22(27)25(30-23(21)28)13-17(3)16(2)12-24(25,4)11-15/h5-6,8-12,17,19,26H,7,13-14H2,1-4H3/b6-5-,15-11-,18-10+,21-20+/t17-,19+,24+,25+/m0/s1. The highest BCUT2D eigenvalue weighted by Crippen LogP contribution is 2.53. The van der Waals surface area contributed by atoms with E-state index in [4.69, 9.17) is 9.47 Å². The Morgan fingerprint density at radius 3 is 2.60 bits per heavy atom. The van der Waals surface area contributed by atoms with Gasteiger partial charge in [-0.2, -0.15) is 0 Å². The van der Waals surface area contributed by atoms with Crippen LogP contribution in [0.25, 0.3) is 0 Å². The lowest BCUT2D eigenvalue weighted by Gasteiger charge is -2.45. The molecule has 3 heterocycles. The van der Waals surface area contributed by atoms with Crippen molar-refractivity contribution in [1.29, 1.82) is 0 Å². The lowest BCUT2D eigenvalue weighted by Crippen LogP contribution is -2.53. The maximum atomic E-state index is 13.8. The zero-order chi connectivity index (χ0) is 21.7. The lowest BCUT2D eigenvalue weighted by molar-refractivity contribution is -0.162. The van der Waals surface area contributed by atoms with Crippen LogP contribution in [-0.4, -0.2) is 35.2 Å². The Bertz CT molecular complexity index is 989. The van der Waals surface area contributed by atoms with Gasteiger partial charge in [0.15, 0.2) is 5.60 Å². The smallest absolute Gasteiger partial charge is 0.346 e. The maximum Gasteiger partial charge on any atom is 0.346 e. The van der Waals surface area contributed by atoms with Crippen molar-refractivity contribution in [2.24, 2.45) is 11.3 Å². The van der Waals surface area contributed by atoms with Crippen molar-refractivity contribution in [2.75, 3.05) is 6.61 Å². The van der Waals surface area contributed by atoms with Gasteiger partial charge in [-0.25, -0.2) is 4.79 Å². The van der Waals surface area contributed by atoms with Crippen LogP contribution in [0.5, 0.6) is 0 Å². The minimum Gasteiger partial charge on any atom is -0.488 e. The molecule has 3 aliphatic heterocycles. The summed E-state index contributed by atoms with van der Waals surface area (Å²) in [5.74, 6) is -0.603. The summed E-state index contributed by atoms with van der Waals surface area (Å²) in [4.78, 5) is 26.7. The molecule has 4 atom stereocenters. The molecule has 0 amide bonds. The summed E-state index contributed by atoms with van der Waals surface area (Å²) in [6.07, 6.45) is 13.3.